The number of aliphatic hydroxyl groups excluding tert-OH is 1. The minimum absolute atomic E-state index is 0.0976. The van der Waals surface area contributed by atoms with Gasteiger partial charge >= 0.3 is 0 Å². The predicted molar refractivity (Wildman–Crippen MR) is 51.5 cm³/mol. The summed E-state index contributed by atoms with van der Waals surface area (Å²) >= 11 is 0. The van der Waals surface area contributed by atoms with E-state index in [1.165, 1.54) is 0 Å². The van der Waals surface area contributed by atoms with Crippen LogP contribution in [0, 0.1) is 6.92 Å². The average Bonchev–Trinajstić information content (AvgIpc) is 2.51. The third-order valence-electron chi connectivity index (χ3n) is 2.00. The zero-order valence-corrected chi connectivity index (χ0v) is 8.37. The maximum absolute atomic E-state index is 8.84. The first kappa shape index (κ1) is 10.3. The van der Waals surface area contributed by atoms with Gasteiger partial charge in [-0.1, -0.05) is 0 Å². The van der Waals surface area contributed by atoms with E-state index in [1.807, 2.05) is 32.9 Å². The van der Waals surface area contributed by atoms with Crippen molar-refractivity contribution in [1.29, 1.82) is 0 Å². The van der Waals surface area contributed by atoms with Crippen molar-refractivity contribution in [3.8, 4) is 0 Å². The SMILES string of the molecule is Cc1ccc([C@@H](C)N[C@@H](C)CO)o1. The first-order valence-electron chi connectivity index (χ1n) is 4.56. The lowest BCUT2D eigenvalue weighted by atomic mass is 10.2. The van der Waals surface area contributed by atoms with E-state index >= 15 is 0 Å². The van der Waals surface area contributed by atoms with Gasteiger partial charge in [0.25, 0.3) is 0 Å². The quantitative estimate of drug-likeness (QED) is 0.745. The molecule has 0 radical (unpaired) electrons. The summed E-state index contributed by atoms with van der Waals surface area (Å²) in [6.07, 6.45) is 0. The van der Waals surface area contributed by atoms with Gasteiger partial charge in [0.1, 0.15) is 11.5 Å². The van der Waals surface area contributed by atoms with Crippen LogP contribution in [0.1, 0.15) is 31.4 Å². The molecule has 2 N–H and O–H groups in total. The maximum Gasteiger partial charge on any atom is 0.120 e. The third-order valence-corrected chi connectivity index (χ3v) is 2.00. The zero-order valence-electron chi connectivity index (χ0n) is 8.37. The highest BCUT2D eigenvalue weighted by molar-refractivity contribution is 5.08. The number of aryl methyl sites for hydroxylation is 1. The van der Waals surface area contributed by atoms with E-state index < -0.39 is 0 Å². The van der Waals surface area contributed by atoms with E-state index in [1.54, 1.807) is 0 Å². The van der Waals surface area contributed by atoms with Gasteiger partial charge in [0, 0.05) is 6.04 Å². The Morgan fingerprint density at radius 1 is 1.46 bits per heavy atom. The van der Waals surface area contributed by atoms with E-state index in [0.29, 0.717) is 0 Å². The molecule has 0 bridgehead atoms. The molecule has 0 aliphatic carbocycles. The number of nitrogens with one attached hydrogen (secondary N) is 1. The van der Waals surface area contributed by atoms with Crippen LogP contribution < -0.4 is 5.32 Å². The fourth-order valence-corrected chi connectivity index (χ4v) is 1.25. The Balaban J connectivity index is 2.53. The summed E-state index contributed by atoms with van der Waals surface area (Å²) < 4.78 is 5.45. The molecule has 3 nitrogen and oxygen atoms in total. The fourth-order valence-electron chi connectivity index (χ4n) is 1.25. The molecule has 0 unspecified atom stereocenters. The van der Waals surface area contributed by atoms with Crippen molar-refractivity contribution in [2.75, 3.05) is 6.61 Å². The second kappa shape index (κ2) is 4.44. The Kier molecular flexibility index (Phi) is 3.51. The predicted octanol–water partition coefficient (Wildman–Crippen LogP) is 1.62. The van der Waals surface area contributed by atoms with Crippen molar-refractivity contribution in [1.82, 2.24) is 5.32 Å². The lowest BCUT2D eigenvalue weighted by Crippen LogP contribution is -2.31. The minimum Gasteiger partial charge on any atom is -0.465 e. The molecule has 1 aromatic rings. The second-order valence-electron chi connectivity index (χ2n) is 3.42. The Labute approximate surface area is 78.8 Å². The van der Waals surface area contributed by atoms with Crippen molar-refractivity contribution in [3.63, 3.8) is 0 Å². The van der Waals surface area contributed by atoms with Gasteiger partial charge in [-0.05, 0) is 32.9 Å². The molecule has 0 saturated heterocycles. The van der Waals surface area contributed by atoms with Gasteiger partial charge in [0.15, 0.2) is 0 Å². The van der Waals surface area contributed by atoms with Gasteiger partial charge in [-0.2, -0.15) is 0 Å². The van der Waals surface area contributed by atoms with Crippen LogP contribution in [0.4, 0.5) is 0 Å². The first-order chi connectivity index (χ1) is 6.13. The normalized spacial score (nSPS) is 15.7. The van der Waals surface area contributed by atoms with E-state index in [0.717, 1.165) is 11.5 Å². The van der Waals surface area contributed by atoms with E-state index in [-0.39, 0.29) is 18.7 Å². The van der Waals surface area contributed by atoms with Crippen LogP contribution in [-0.2, 0) is 0 Å². The molecule has 0 aliphatic rings. The molecular weight excluding hydrogens is 166 g/mol. The van der Waals surface area contributed by atoms with Crippen molar-refractivity contribution < 1.29 is 9.52 Å². The fraction of sp³-hybridized carbons (Fsp3) is 0.600. The van der Waals surface area contributed by atoms with Gasteiger partial charge in [0.2, 0.25) is 0 Å². The van der Waals surface area contributed by atoms with Crippen LogP contribution in [0.5, 0.6) is 0 Å². The topological polar surface area (TPSA) is 45.4 Å². The monoisotopic (exact) mass is 183 g/mol. The summed E-state index contributed by atoms with van der Waals surface area (Å²) in [6.45, 7) is 6.02. The number of hydrogen-bond acceptors (Lipinski definition) is 3. The molecule has 1 rings (SSSR count). The number of furan rings is 1. The van der Waals surface area contributed by atoms with Crippen LogP contribution in [0.15, 0.2) is 16.5 Å². The minimum atomic E-state index is 0.0976. The summed E-state index contributed by atoms with van der Waals surface area (Å²) in [6, 6.07) is 4.14. The summed E-state index contributed by atoms with van der Waals surface area (Å²) in [5.41, 5.74) is 0. The Hall–Kier alpha value is -0.800. The molecule has 3 heteroatoms. The van der Waals surface area contributed by atoms with Gasteiger partial charge in [-0.3, -0.25) is 0 Å². The number of aliphatic hydroxyl groups is 1. The highest BCUT2D eigenvalue weighted by atomic mass is 16.3. The van der Waals surface area contributed by atoms with Crippen LogP contribution in [0.2, 0.25) is 0 Å². The highest BCUT2D eigenvalue weighted by Crippen LogP contribution is 2.15. The average molecular weight is 183 g/mol. The third kappa shape index (κ3) is 2.86. The van der Waals surface area contributed by atoms with Crippen LogP contribution >= 0.6 is 0 Å². The summed E-state index contributed by atoms with van der Waals surface area (Å²) in [4.78, 5) is 0. The van der Waals surface area contributed by atoms with E-state index in [4.69, 9.17) is 9.52 Å². The zero-order chi connectivity index (χ0) is 9.84. The van der Waals surface area contributed by atoms with Gasteiger partial charge in [0.05, 0.1) is 12.6 Å². The van der Waals surface area contributed by atoms with Gasteiger partial charge in [-0.15, -0.1) is 0 Å². The molecule has 2 atom stereocenters. The maximum atomic E-state index is 8.84. The molecule has 0 amide bonds. The van der Waals surface area contributed by atoms with Crippen LogP contribution in [0.3, 0.4) is 0 Å². The van der Waals surface area contributed by atoms with Crippen LogP contribution in [-0.4, -0.2) is 17.8 Å². The molecule has 0 spiro atoms. The highest BCUT2D eigenvalue weighted by Gasteiger charge is 2.11. The number of rotatable bonds is 4. The largest absolute Gasteiger partial charge is 0.465 e. The molecule has 0 aromatic carbocycles. The molecule has 1 heterocycles. The summed E-state index contributed by atoms with van der Waals surface area (Å²) in [5, 5.41) is 12.1. The molecular formula is C10H17NO2. The van der Waals surface area contributed by atoms with E-state index in [9.17, 15) is 0 Å². The van der Waals surface area contributed by atoms with Crippen molar-refractivity contribution in [2.45, 2.75) is 32.9 Å². The Morgan fingerprint density at radius 2 is 2.15 bits per heavy atom. The van der Waals surface area contributed by atoms with Crippen LogP contribution in [0.25, 0.3) is 0 Å². The second-order valence-corrected chi connectivity index (χ2v) is 3.42. The van der Waals surface area contributed by atoms with Crippen molar-refractivity contribution in [2.24, 2.45) is 0 Å². The summed E-state index contributed by atoms with van der Waals surface area (Å²) in [5.74, 6) is 1.83. The molecule has 13 heavy (non-hydrogen) atoms. The Bertz CT molecular complexity index is 257. The number of hydrogen-bond donors (Lipinski definition) is 2. The standard InChI is InChI=1S/C10H17NO2/c1-7(6-12)11-9(3)10-5-4-8(2)13-10/h4-5,7,9,11-12H,6H2,1-3H3/t7-,9+/m0/s1. The van der Waals surface area contributed by atoms with E-state index in [2.05, 4.69) is 5.32 Å². The smallest absolute Gasteiger partial charge is 0.120 e. The molecule has 0 saturated carbocycles. The lowest BCUT2D eigenvalue weighted by molar-refractivity contribution is 0.238. The van der Waals surface area contributed by atoms with Gasteiger partial charge < -0.3 is 14.8 Å². The molecule has 0 aliphatic heterocycles. The lowest BCUT2D eigenvalue weighted by Gasteiger charge is -2.15. The Morgan fingerprint density at radius 3 is 2.62 bits per heavy atom. The van der Waals surface area contributed by atoms with Gasteiger partial charge in [-0.25, -0.2) is 0 Å². The van der Waals surface area contributed by atoms with Crippen molar-refractivity contribution >= 4 is 0 Å². The summed E-state index contributed by atoms with van der Waals surface area (Å²) in [7, 11) is 0. The molecule has 0 fully saturated rings. The first-order valence-corrected chi connectivity index (χ1v) is 4.56. The van der Waals surface area contributed by atoms with Crippen molar-refractivity contribution in [3.05, 3.63) is 23.7 Å². The molecule has 1 aromatic heterocycles. The molecule has 74 valence electrons.